The summed E-state index contributed by atoms with van der Waals surface area (Å²) < 4.78 is 0. The fourth-order valence-corrected chi connectivity index (χ4v) is 5.06. The van der Waals surface area contributed by atoms with E-state index in [1.54, 1.807) is 13.8 Å². The van der Waals surface area contributed by atoms with E-state index in [0.29, 0.717) is 6.42 Å². The number of carboxylic acids is 3. The minimum absolute atomic E-state index is 0.0262. The summed E-state index contributed by atoms with van der Waals surface area (Å²) in [5.41, 5.74) is 0. The van der Waals surface area contributed by atoms with Crippen LogP contribution < -0.4 is 31.9 Å². The summed E-state index contributed by atoms with van der Waals surface area (Å²) in [5, 5.41) is 51.1. The summed E-state index contributed by atoms with van der Waals surface area (Å²) >= 11 is 0. The Hall–Kier alpha value is -5.34. The van der Waals surface area contributed by atoms with Crippen molar-refractivity contribution < 1.29 is 68.4 Å². The molecule has 0 saturated carbocycles. The minimum atomic E-state index is -1.66. The lowest BCUT2D eigenvalue weighted by atomic mass is 10.0. The Morgan fingerprint density at radius 3 is 1.78 bits per heavy atom. The number of carbonyl (C=O) groups is 10. The van der Waals surface area contributed by atoms with Crippen LogP contribution in [0.1, 0.15) is 66.2 Å². The number of nitrogens with zero attached hydrogens (tertiary/aromatic N) is 1. The topological polar surface area (TPSA) is 327 Å². The van der Waals surface area contributed by atoms with Crippen molar-refractivity contribution in [2.45, 2.75) is 103 Å². The third-order valence-electron chi connectivity index (χ3n) is 7.44. The number of aliphatic hydroxyl groups is 1. The number of hydrogen-bond donors (Lipinski definition) is 10. The molecule has 0 aromatic rings. The number of carboxylic acid groups (broad SMARTS) is 3. The number of aliphatic hydroxyl groups excluding tert-OH is 1. The van der Waals surface area contributed by atoms with Crippen LogP contribution in [0.25, 0.3) is 0 Å². The number of likely N-dealkylation sites (tertiary alicyclic amines) is 1. The van der Waals surface area contributed by atoms with E-state index in [1.807, 2.05) is 0 Å². The third-order valence-corrected chi connectivity index (χ3v) is 7.44. The number of carbonyl (C=O) groups excluding carboxylic acids is 7. The van der Waals surface area contributed by atoms with Crippen molar-refractivity contribution in [2.75, 3.05) is 19.6 Å². The first-order valence-electron chi connectivity index (χ1n) is 16.1. The second-order valence-corrected chi connectivity index (χ2v) is 12.3. The molecule has 1 saturated heterocycles. The first-order chi connectivity index (χ1) is 23.7. The van der Waals surface area contributed by atoms with E-state index >= 15 is 0 Å². The molecule has 1 fully saturated rings. The SMILES string of the molecule is CC(=O)N[C@H](C(=O)NCC(=O)N[C@@H](CC(C)C)C(=O)N[C@@H](CCC(=O)O)C(=O)NCC(=O)N[C@@H](CC(=O)O)C(=O)N1CCC[C@H]1C(=O)O)[C@@H](C)O. The molecule has 0 aromatic carbocycles. The van der Waals surface area contributed by atoms with Gasteiger partial charge in [0.2, 0.25) is 41.4 Å². The van der Waals surface area contributed by atoms with Gasteiger partial charge in [-0.25, -0.2) is 4.79 Å². The molecule has 6 atom stereocenters. The van der Waals surface area contributed by atoms with E-state index in [2.05, 4.69) is 31.9 Å². The van der Waals surface area contributed by atoms with Gasteiger partial charge in [-0.2, -0.15) is 0 Å². The van der Waals surface area contributed by atoms with Crippen LogP contribution in [-0.2, 0) is 47.9 Å². The van der Waals surface area contributed by atoms with Crippen molar-refractivity contribution in [2.24, 2.45) is 5.92 Å². The number of hydrogen-bond acceptors (Lipinski definition) is 11. The quantitative estimate of drug-likeness (QED) is 0.0539. The largest absolute Gasteiger partial charge is 0.481 e. The Morgan fingerprint density at radius 2 is 1.29 bits per heavy atom. The van der Waals surface area contributed by atoms with Crippen molar-refractivity contribution in [1.82, 2.24) is 36.8 Å². The van der Waals surface area contributed by atoms with Gasteiger partial charge in [0.25, 0.3) is 0 Å². The fourth-order valence-electron chi connectivity index (χ4n) is 5.06. The zero-order valence-corrected chi connectivity index (χ0v) is 28.7. The monoisotopic (exact) mass is 729 g/mol. The van der Waals surface area contributed by atoms with E-state index in [0.717, 1.165) is 11.8 Å². The first-order valence-corrected chi connectivity index (χ1v) is 16.1. The minimum Gasteiger partial charge on any atom is -0.481 e. The third kappa shape index (κ3) is 15.8. The van der Waals surface area contributed by atoms with Gasteiger partial charge in [-0.1, -0.05) is 13.8 Å². The van der Waals surface area contributed by atoms with E-state index in [1.165, 1.54) is 6.92 Å². The molecule has 0 bridgehead atoms. The second-order valence-electron chi connectivity index (χ2n) is 12.3. The zero-order chi connectivity index (χ0) is 39.0. The maximum atomic E-state index is 13.3. The molecule has 286 valence electrons. The van der Waals surface area contributed by atoms with Gasteiger partial charge in [-0.05, 0) is 38.5 Å². The van der Waals surface area contributed by atoms with E-state index in [9.17, 15) is 68.4 Å². The second kappa shape index (κ2) is 21.0. The highest BCUT2D eigenvalue weighted by Gasteiger charge is 2.38. The lowest BCUT2D eigenvalue weighted by Gasteiger charge is -2.27. The number of rotatable bonds is 21. The van der Waals surface area contributed by atoms with Gasteiger partial charge >= 0.3 is 17.9 Å². The molecule has 0 radical (unpaired) electrons. The normalized spacial score (nSPS) is 16.7. The highest BCUT2D eigenvalue weighted by Crippen LogP contribution is 2.19. The highest BCUT2D eigenvalue weighted by molar-refractivity contribution is 5.96. The summed E-state index contributed by atoms with van der Waals surface area (Å²) in [4.78, 5) is 123. The van der Waals surface area contributed by atoms with Crippen LogP contribution >= 0.6 is 0 Å². The Morgan fingerprint density at radius 1 is 0.725 bits per heavy atom. The van der Waals surface area contributed by atoms with E-state index < -0.39 is 128 Å². The molecule has 0 aromatic heterocycles. The molecule has 0 aliphatic carbocycles. The molecular formula is C30H47N7O14. The Kier molecular flexibility index (Phi) is 18.0. The first kappa shape index (κ1) is 43.7. The lowest BCUT2D eigenvalue weighted by Crippen LogP contribution is -2.57. The molecule has 1 heterocycles. The summed E-state index contributed by atoms with van der Waals surface area (Å²) in [7, 11) is 0. The zero-order valence-electron chi connectivity index (χ0n) is 28.7. The molecule has 51 heavy (non-hydrogen) atoms. The van der Waals surface area contributed by atoms with Crippen LogP contribution in [0.3, 0.4) is 0 Å². The lowest BCUT2D eigenvalue weighted by molar-refractivity contribution is -0.150. The number of nitrogens with one attached hydrogen (secondary N) is 6. The fraction of sp³-hybridized carbons (Fsp3) is 0.667. The van der Waals surface area contributed by atoms with Crippen LogP contribution in [0.15, 0.2) is 0 Å². The van der Waals surface area contributed by atoms with Gasteiger partial charge in [0, 0.05) is 19.9 Å². The van der Waals surface area contributed by atoms with Crippen LogP contribution in [0.4, 0.5) is 0 Å². The molecule has 21 nitrogen and oxygen atoms in total. The van der Waals surface area contributed by atoms with Gasteiger partial charge in [0.15, 0.2) is 0 Å². The van der Waals surface area contributed by atoms with Crippen molar-refractivity contribution in [1.29, 1.82) is 0 Å². The summed E-state index contributed by atoms with van der Waals surface area (Å²) in [6.45, 7) is 4.32. The van der Waals surface area contributed by atoms with Crippen molar-refractivity contribution in [3.8, 4) is 0 Å². The van der Waals surface area contributed by atoms with Crippen molar-refractivity contribution in [3.63, 3.8) is 0 Å². The standard InChI is InChI=1S/C30H47N7O14/c1-14(2)10-18(34-21(40)13-32-28(48)25(15(3)38)33-16(4)39)27(47)36-17(7-8-23(42)43)26(46)31-12-22(41)35-19(11-24(44)45)29(49)37-9-5-6-20(37)30(50)51/h14-15,17-20,25,38H,5-13H2,1-4H3,(H,31,46)(H,32,48)(H,33,39)(H,34,40)(H,35,41)(H,36,47)(H,42,43)(H,44,45)(H,50,51)/t15-,17+,18+,19+,20+,25+/m1/s1. The van der Waals surface area contributed by atoms with Crippen LogP contribution in [0.5, 0.6) is 0 Å². The predicted octanol–water partition coefficient (Wildman–Crippen LogP) is -3.98. The van der Waals surface area contributed by atoms with Gasteiger partial charge < -0.3 is 57.2 Å². The van der Waals surface area contributed by atoms with Gasteiger partial charge in [-0.3, -0.25) is 43.2 Å². The Labute approximate surface area is 292 Å². The Balaban J connectivity index is 2.98. The highest BCUT2D eigenvalue weighted by atomic mass is 16.4. The molecule has 10 N–H and O–H groups in total. The summed E-state index contributed by atoms with van der Waals surface area (Å²) in [6, 6.07) is -7.07. The summed E-state index contributed by atoms with van der Waals surface area (Å²) in [6.07, 6.45) is -2.74. The van der Waals surface area contributed by atoms with Gasteiger partial charge in [0.1, 0.15) is 30.2 Å². The number of amides is 7. The maximum absolute atomic E-state index is 13.3. The molecular weight excluding hydrogens is 682 g/mol. The molecule has 0 spiro atoms. The average molecular weight is 730 g/mol. The predicted molar refractivity (Wildman–Crippen MR) is 172 cm³/mol. The van der Waals surface area contributed by atoms with Crippen molar-refractivity contribution in [3.05, 3.63) is 0 Å². The Bertz CT molecular complexity index is 1340. The molecule has 1 rings (SSSR count). The molecule has 1 aliphatic rings. The average Bonchev–Trinajstić information content (AvgIpc) is 3.52. The molecule has 1 aliphatic heterocycles. The number of aliphatic carboxylic acids is 3. The molecule has 0 unspecified atom stereocenters. The maximum Gasteiger partial charge on any atom is 0.326 e. The smallest absolute Gasteiger partial charge is 0.326 e. The van der Waals surface area contributed by atoms with Crippen molar-refractivity contribution >= 4 is 59.3 Å². The van der Waals surface area contributed by atoms with Crippen LogP contribution in [0, 0.1) is 5.92 Å². The van der Waals surface area contributed by atoms with Gasteiger partial charge in [-0.15, -0.1) is 0 Å². The molecule has 7 amide bonds. The van der Waals surface area contributed by atoms with Crippen LogP contribution in [-0.4, -0.2) is 141 Å². The van der Waals surface area contributed by atoms with Gasteiger partial charge in [0.05, 0.1) is 25.6 Å². The van der Waals surface area contributed by atoms with Crippen LogP contribution in [0.2, 0.25) is 0 Å². The molecule has 21 heteroatoms. The van der Waals surface area contributed by atoms with E-state index in [-0.39, 0.29) is 25.3 Å². The summed E-state index contributed by atoms with van der Waals surface area (Å²) in [5.74, 6) is -10.6. The van der Waals surface area contributed by atoms with E-state index in [4.69, 9.17) is 0 Å².